The van der Waals surface area contributed by atoms with E-state index in [1.807, 2.05) is 6.07 Å². The lowest BCUT2D eigenvalue weighted by molar-refractivity contribution is 0.406. The van der Waals surface area contributed by atoms with E-state index in [0.717, 1.165) is 9.52 Å². The van der Waals surface area contributed by atoms with E-state index in [1.54, 1.807) is 11.3 Å². The van der Waals surface area contributed by atoms with Gasteiger partial charge >= 0.3 is 8.56 Å². The van der Waals surface area contributed by atoms with Gasteiger partial charge in [-0.05, 0) is 58.8 Å². The number of thiophene rings is 1. The standard InChI is InChI=1S/C12H25ClO2SSi3/c1-10-9-11(13)12(16-10)19(8,14-17(2,3)4)15-18(5,6)7/h9H,1-8H3. The third kappa shape index (κ3) is 5.45. The predicted octanol–water partition coefficient (Wildman–Crippen LogP) is 4.69. The Kier molecular flexibility index (Phi) is 5.33. The van der Waals surface area contributed by atoms with Crippen LogP contribution in [0.15, 0.2) is 6.07 Å². The van der Waals surface area contributed by atoms with Crippen molar-refractivity contribution in [2.75, 3.05) is 0 Å². The van der Waals surface area contributed by atoms with Gasteiger partial charge in [-0.25, -0.2) is 0 Å². The number of hydrogen-bond donors (Lipinski definition) is 0. The van der Waals surface area contributed by atoms with E-state index < -0.39 is 25.2 Å². The summed E-state index contributed by atoms with van der Waals surface area (Å²) >= 11 is 8.13. The van der Waals surface area contributed by atoms with Gasteiger partial charge in [0.1, 0.15) is 0 Å². The molecule has 2 nitrogen and oxygen atoms in total. The minimum atomic E-state index is -2.41. The zero-order valence-corrected chi connectivity index (χ0v) is 17.8. The van der Waals surface area contributed by atoms with Gasteiger partial charge in [-0.2, -0.15) is 0 Å². The predicted molar refractivity (Wildman–Crippen MR) is 94.2 cm³/mol. The lowest BCUT2D eigenvalue weighted by atomic mass is 10.5. The summed E-state index contributed by atoms with van der Waals surface area (Å²) in [5.74, 6) is 0. The Bertz CT molecular complexity index is 433. The van der Waals surface area contributed by atoms with Crippen LogP contribution in [0, 0.1) is 6.92 Å². The van der Waals surface area contributed by atoms with E-state index in [2.05, 4.69) is 52.8 Å². The molecule has 0 saturated heterocycles. The van der Waals surface area contributed by atoms with Crippen molar-refractivity contribution >= 4 is 52.6 Å². The van der Waals surface area contributed by atoms with Gasteiger partial charge in [-0.1, -0.05) is 11.6 Å². The summed E-state index contributed by atoms with van der Waals surface area (Å²) in [4.78, 5) is 1.22. The topological polar surface area (TPSA) is 18.5 Å². The molecule has 0 radical (unpaired) electrons. The highest BCUT2D eigenvalue weighted by Crippen LogP contribution is 2.27. The normalized spacial score (nSPS) is 13.9. The Hall–Kier alpha value is 0.561. The molecule has 0 amide bonds. The maximum atomic E-state index is 6.50. The molecule has 1 aromatic heterocycles. The van der Waals surface area contributed by atoms with Crippen molar-refractivity contribution in [3.8, 4) is 0 Å². The first-order valence-corrected chi connectivity index (χ1v) is 16.8. The van der Waals surface area contributed by atoms with E-state index in [4.69, 9.17) is 19.8 Å². The average molecular weight is 353 g/mol. The highest BCUT2D eigenvalue weighted by atomic mass is 35.5. The molecule has 19 heavy (non-hydrogen) atoms. The van der Waals surface area contributed by atoms with Crippen LogP contribution in [-0.2, 0) is 8.23 Å². The van der Waals surface area contributed by atoms with Gasteiger partial charge < -0.3 is 8.23 Å². The van der Waals surface area contributed by atoms with Crippen LogP contribution in [0.3, 0.4) is 0 Å². The zero-order valence-electron chi connectivity index (χ0n) is 13.2. The molecule has 1 rings (SSSR count). The van der Waals surface area contributed by atoms with Gasteiger partial charge in [0.25, 0.3) is 0 Å². The summed E-state index contributed by atoms with van der Waals surface area (Å²) in [6.07, 6.45) is 0. The molecular weight excluding hydrogens is 328 g/mol. The molecule has 0 N–H and O–H groups in total. The van der Waals surface area contributed by atoms with Gasteiger partial charge in [0.15, 0.2) is 16.6 Å². The number of hydrogen-bond acceptors (Lipinski definition) is 3. The Labute approximate surface area is 129 Å². The summed E-state index contributed by atoms with van der Waals surface area (Å²) in [7, 11) is -5.77. The van der Waals surface area contributed by atoms with Crippen molar-refractivity contribution in [3.05, 3.63) is 16.0 Å². The molecule has 0 unspecified atom stereocenters. The van der Waals surface area contributed by atoms with Gasteiger partial charge in [-0.3, -0.25) is 0 Å². The summed E-state index contributed by atoms with van der Waals surface area (Å²) in [6, 6.07) is 2.02. The fourth-order valence-electron chi connectivity index (χ4n) is 2.07. The fraction of sp³-hybridized carbons (Fsp3) is 0.667. The van der Waals surface area contributed by atoms with Crippen LogP contribution in [0.5, 0.6) is 0 Å². The second kappa shape index (κ2) is 5.75. The van der Waals surface area contributed by atoms with Crippen LogP contribution in [0.4, 0.5) is 0 Å². The van der Waals surface area contributed by atoms with E-state index in [1.165, 1.54) is 4.88 Å². The number of aryl methyl sites for hydroxylation is 1. The summed E-state index contributed by atoms with van der Waals surface area (Å²) in [6.45, 7) is 17.5. The highest BCUT2D eigenvalue weighted by Gasteiger charge is 2.44. The van der Waals surface area contributed by atoms with Crippen molar-refractivity contribution in [1.29, 1.82) is 0 Å². The fourth-order valence-corrected chi connectivity index (χ4v) is 16.7. The van der Waals surface area contributed by atoms with Crippen molar-refractivity contribution in [1.82, 2.24) is 0 Å². The van der Waals surface area contributed by atoms with Crippen molar-refractivity contribution in [2.24, 2.45) is 0 Å². The van der Waals surface area contributed by atoms with Crippen molar-refractivity contribution in [3.63, 3.8) is 0 Å². The second-order valence-electron chi connectivity index (χ2n) is 6.91. The minimum absolute atomic E-state index is 0.813. The molecule has 0 spiro atoms. The monoisotopic (exact) mass is 352 g/mol. The lowest BCUT2D eigenvalue weighted by Crippen LogP contribution is -2.59. The first-order valence-electron chi connectivity index (χ1n) is 6.49. The van der Waals surface area contributed by atoms with Crippen LogP contribution in [-0.4, -0.2) is 25.2 Å². The summed E-state index contributed by atoms with van der Waals surface area (Å²) in [5.41, 5.74) is 0. The summed E-state index contributed by atoms with van der Waals surface area (Å²) in [5, 5.41) is 0.813. The molecule has 1 heterocycles. The minimum Gasteiger partial charge on any atom is -0.433 e. The molecule has 0 aliphatic heterocycles. The number of halogens is 1. The molecule has 0 aliphatic rings. The van der Waals surface area contributed by atoms with Crippen molar-refractivity contribution < 1.29 is 8.23 Å². The molecule has 0 saturated carbocycles. The third-order valence-corrected chi connectivity index (χ3v) is 14.2. The van der Waals surface area contributed by atoms with Crippen LogP contribution < -0.4 is 4.50 Å². The zero-order chi connectivity index (χ0) is 15.1. The van der Waals surface area contributed by atoms with Gasteiger partial charge in [0.05, 0.1) is 9.52 Å². The molecule has 7 heteroatoms. The van der Waals surface area contributed by atoms with Gasteiger partial charge in [0, 0.05) is 4.88 Å². The molecule has 110 valence electrons. The first-order chi connectivity index (χ1) is 8.32. The molecule has 0 bridgehead atoms. The molecular formula is C12H25ClO2SSi3. The van der Waals surface area contributed by atoms with Crippen LogP contribution in [0.1, 0.15) is 4.88 Å². The van der Waals surface area contributed by atoms with Crippen LogP contribution in [0.2, 0.25) is 50.9 Å². The van der Waals surface area contributed by atoms with Gasteiger partial charge in [-0.15, -0.1) is 11.3 Å². The first kappa shape index (κ1) is 17.6. The lowest BCUT2D eigenvalue weighted by Gasteiger charge is -2.37. The number of rotatable bonds is 5. The van der Waals surface area contributed by atoms with Gasteiger partial charge in [0.2, 0.25) is 0 Å². The molecule has 1 aromatic rings. The maximum absolute atomic E-state index is 6.50. The Morgan fingerprint density at radius 3 is 1.63 bits per heavy atom. The summed E-state index contributed by atoms with van der Waals surface area (Å²) < 4.78 is 14.1. The highest BCUT2D eigenvalue weighted by molar-refractivity contribution is 7.26. The Morgan fingerprint density at radius 1 is 0.947 bits per heavy atom. The van der Waals surface area contributed by atoms with E-state index in [-0.39, 0.29) is 0 Å². The Balaban J connectivity index is 3.22. The smallest absolute Gasteiger partial charge is 0.360 e. The van der Waals surface area contributed by atoms with Crippen LogP contribution >= 0.6 is 22.9 Å². The van der Waals surface area contributed by atoms with Crippen molar-refractivity contribution in [2.45, 2.75) is 52.8 Å². The second-order valence-corrected chi connectivity index (χ2v) is 21.4. The van der Waals surface area contributed by atoms with Crippen LogP contribution in [0.25, 0.3) is 0 Å². The molecule has 0 fully saturated rings. The molecule has 0 aromatic carbocycles. The largest absolute Gasteiger partial charge is 0.433 e. The average Bonchev–Trinajstić information content (AvgIpc) is 2.38. The Morgan fingerprint density at radius 2 is 1.37 bits per heavy atom. The molecule has 0 aliphatic carbocycles. The van der Waals surface area contributed by atoms with E-state index >= 15 is 0 Å². The quantitative estimate of drug-likeness (QED) is 0.715. The van der Waals surface area contributed by atoms with E-state index in [9.17, 15) is 0 Å². The molecule has 0 atom stereocenters. The SMILES string of the molecule is Cc1cc(Cl)c([Si](C)(O[Si](C)(C)C)O[Si](C)(C)C)s1. The third-order valence-electron chi connectivity index (χ3n) is 2.22. The van der Waals surface area contributed by atoms with E-state index in [0.29, 0.717) is 0 Å². The maximum Gasteiger partial charge on any atom is 0.360 e.